The molecule has 86 valence electrons. The molecule has 2 heterocycles. The van der Waals surface area contributed by atoms with Crippen LogP contribution < -0.4 is 5.73 Å². The van der Waals surface area contributed by atoms with E-state index in [0.717, 1.165) is 22.2 Å². The number of aromatic nitrogens is 2. The maximum atomic E-state index is 5.89. The summed E-state index contributed by atoms with van der Waals surface area (Å²) in [7, 11) is 0. The number of hydrogen-bond donors (Lipinski definition) is 2. The number of hydrogen-bond acceptors (Lipinski definition) is 3. The van der Waals surface area contributed by atoms with E-state index >= 15 is 0 Å². The van der Waals surface area contributed by atoms with Crippen molar-refractivity contribution >= 4 is 33.1 Å². The van der Waals surface area contributed by atoms with Crippen molar-refractivity contribution in [3.8, 4) is 10.6 Å². The Bertz CT molecular complexity index is 487. The van der Waals surface area contributed by atoms with E-state index in [0.29, 0.717) is 11.7 Å². The van der Waals surface area contributed by atoms with Gasteiger partial charge in [0.05, 0.1) is 10.6 Å². The van der Waals surface area contributed by atoms with Crippen molar-refractivity contribution in [2.24, 2.45) is 5.92 Å². The summed E-state index contributed by atoms with van der Waals surface area (Å²) in [4.78, 5) is 1.17. The molecule has 0 bridgehead atoms. The highest BCUT2D eigenvalue weighted by Crippen LogP contribution is 2.36. The first-order valence-electron chi connectivity index (χ1n) is 5.15. The smallest absolute Gasteiger partial charge is 0.149 e. The van der Waals surface area contributed by atoms with Crippen molar-refractivity contribution in [3.63, 3.8) is 0 Å². The van der Waals surface area contributed by atoms with Gasteiger partial charge in [-0.2, -0.15) is 5.10 Å². The van der Waals surface area contributed by atoms with E-state index in [1.165, 1.54) is 4.88 Å². The summed E-state index contributed by atoms with van der Waals surface area (Å²) in [6, 6.07) is 2.04. The largest absolute Gasteiger partial charge is 0.382 e. The van der Waals surface area contributed by atoms with Crippen LogP contribution in [0.2, 0.25) is 0 Å². The van der Waals surface area contributed by atoms with E-state index < -0.39 is 0 Å². The maximum Gasteiger partial charge on any atom is 0.149 e. The number of rotatable bonds is 3. The van der Waals surface area contributed by atoms with Gasteiger partial charge in [-0.05, 0) is 39.7 Å². The van der Waals surface area contributed by atoms with E-state index in [2.05, 4.69) is 45.4 Å². The van der Waals surface area contributed by atoms with Crippen LogP contribution in [0.1, 0.15) is 19.4 Å². The second-order valence-electron chi connectivity index (χ2n) is 4.16. The molecule has 0 unspecified atom stereocenters. The molecule has 2 aromatic heterocycles. The average Bonchev–Trinajstić information content (AvgIpc) is 2.75. The monoisotopic (exact) mass is 299 g/mol. The first kappa shape index (κ1) is 11.7. The summed E-state index contributed by atoms with van der Waals surface area (Å²) in [5, 5.41) is 9.18. The molecule has 2 aromatic rings. The second kappa shape index (κ2) is 4.59. The van der Waals surface area contributed by atoms with Crippen molar-refractivity contribution in [2.45, 2.75) is 20.3 Å². The molecule has 0 saturated carbocycles. The lowest BCUT2D eigenvalue weighted by Gasteiger charge is -2.05. The zero-order valence-electron chi connectivity index (χ0n) is 9.25. The van der Waals surface area contributed by atoms with E-state index in [4.69, 9.17) is 5.73 Å². The van der Waals surface area contributed by atoms with E-state index in [-0.39, 0.29) is 0 Å². The Morgan fingerprint density at radius 2 is 2.31 bits per heavy atom. The molecule has 0 amide bonds. The number of halogens is 1. The van der Waals surface area contributed by atoms with E-state index in [1.807, 2.05) is 6.07 Å². The highest BCUT2D eigenvalue weighted by Gasteiger charge is 2.16. The van der Waals surface area contributed by atoms with Crippen LogP contribution in [0.15, 0.2) is 15.9 Å². The highest BCUT2D eigenvalue weighted by molar-refractivity contribution is 9.10. The molecule has 0 radical (unpaired) electrons. The van der Waals surface area contributed by atoms with Gasteiger partial charge in [0.2, 0.25) is 0 Å². The lowest BCUT2D eigenvalue weighted by atomic mass is 10.0. The van der Waals surface area contributed by atoms with Gasteiger partial charge >= 0.3 is 0 Å². The number of nitrogen functional groups attached to an aromatic ring is 1. The fourth-order valence-corrected chi connectivity index (χ4v) is 3.25. The lowest BCUT2D eigenvalue weighted by molar-refractivity contribution is 0.649. The summed E-state index contributed by atoms with van der Waals surface area (Å²) in [5.41, 5.74) is 8.07. The van der Waals surface area contributed by atoms with Gasteiger partial charge in [0.25, 0.3) is 0 Å². The first-order chi connectivity index (χ1) is 7.59. The average molecular weight is 300 g/mol. The van der Waals surface area contributed by atoms with Crippen molar-refractivity contribution in [2.75, 3.05) is 5.73 Å². The van der Waals surface area contributed by atoms with Gasteiger partial charge in [0.15, 0.2) is 0 Å². The van der Waals surface area contributed by atoms with Crippen LogP contribution in [0.5, 0.6) is 0 Å². The minimum absolute atomic E-state index is 0.567. The van der Waals surface area contributed by atoms with Gasteiger partial charge in [-0.3, -0.25) is 5.10 Å². The van der Waals surface area contributed by atoms with Crippen LogP contribution >= 0.6 is 27.3 Å². The Kier molecular flexibility index (Phi) is 3.35. The van der Waals surface area contributed by atoms with Gasteiger partial charge in [0, 0.05) is 10.0 Å². The molecule has 0 fully saturated rings. The molecule has 2 rings (SSSR count). The molecule has 0 aliphatic rings. The predicted octanol–water partition coefficient (Wildman–Crippen LogP) is 3.68. The third-order valence-corrected chi connectivity index (χ3v) is 4.21. The fraction of sp³-hybridized carbons (Fsp3) is 0.364. The maximum absolute atomic E-state index is 5.89. The standard InChI is InChI=1S/C11H14BrN3S/c1-6(2)5-7-9(14-15-11(7)13)10-8(12)3-4-16-10/h3-4,6H,5H2,1-2H3,(H3,13,14,15). The molecule has 0 atom stereocenters. The number of anilines is 1. The molecule has 3 nitrogen and oxygen atoms in total. The van der Waals surface area contributed by atoms with Gasteiger partial charge in [-0.15, -0.1) is 11.3 Å². The SMILES string of the molecule is CC(C)Cc1c(N)n[nH]c1-c1sccc1Br. The van der Waals surface area contributed by atoms with E-state index in [1.54, 1.807) is 11.3 Å². The van der Waals surface area contributed by atoms with Crippen molar-refractivity contribution in [1.29, 1.82) is 0 Å². The van der Waals surface area contributed by atoms with Crippen molar-refractivity contribution < 1.29 is 0 Å². The highest BCUT2D eigenvalue weighted by atomic mass is 79.9. The molecular weight excluding hydrogens is 286 g/mol. The molecule has 0 spiro atoms. The normalized spacial score (nSPS) is 11.2. The third kappa shape index (κ3) is 2.15. The molecule has 0 aromatic carbocycles. The van der Waals surface area contributed by atoms with Crippen LogP contribution in [0, 0.1) is 5.92 Å². The molecule has 16 heavy (non-hydrogen) atoms. The first-order valence-corrected chi connectivity index (χ1v) is 6.83. The van der Waals surface area contributed by atoms with Crippen LogP contribution in [-0.2, 0) is 6.42 Å². The fourth-order valence-electron chi connectivity index (χ4n) is 1.65. The summed E-state index contributed by atoms with van der Waals surface area (Å²) in [6.07, 6.45) is 0.946. The Labute approximate surface area is 107 Å². The Morgan fingerprint density at radius 3 is 2.88 bits per heavy atom. The number of thiophene rings is 1. The quantitative estimate of drug-likeness (QED) is 0.908. The molecule has 5 heteroatoms. The molecule has 0 aliphatic heterocycles. The topological polar surface area (TPSA) is 54.7 Å². The number of aromatic amines is 1. The third-order valence-electron chi connectivity index (χ3n) is 2.36. The van der Waals surface area contributed by atoms with Crippen LogP contribution in [-0.4, -0.2) is 10.2 Å². The lowest BCUT2D eigenvalue weighted by Crippen LogP contribution is -1.98. The summed E-state index contributed by atoms with van der Waals surface area (Å²) in [5.74, 6) is 1.18. The molecule has 0 saturated heterocycles. The van der Waals surface area contributed by atoms with E-state index in [9.17, 15) is 0 Å². The molecular formula is C11H14BrN3S. The molecule has 3 N–H and O–H groups in total. The van der Waals surface area contributed by atoms with Gasteiger partial charge in [-0.1, -0.05) is 13.8 Å². The Balaban J connectivity index is 2.46. The summed E-state index contributed by atoms with van der Waals surface area (Å²) in [6.45, 7) is 4.36. The van der Waals surface area contributed by atoms with Crippen molar-refractivity contribution in [1.82, 2.24) is 10.2 Å². The zero-order valence-corrected chi connectivity index (χ0v) is 11.7. The number of nitrogens with two attached hydrogens (primary N) is 1. The number of nitrogens with one attached hydrogen (secondary N) is 1. The van der Waals surface area contributed by atoms with Crippen molar-refractivity contribution in [3.05, 3.63) is 21.5 Å². The second-order valence-corrected chi connectivity index (χ2v) is 5.93. The predicted molar refractivity (Wildman–Crippen MR) is 72.6 cm³/mol. The van der Waals surface area contributed by atoms with Gasteiger partial charge in [-0.25, -0.2) is 0 Å². The minimum atomic E-state index is 0.567. The van der Waals surface area contributed by atoms with Crippen LogP contribution in [0.25, 0.3) is 10.6 Å². The Hall–Kier alpha value is -0.810. The molecule has 0 aliphatic carbocycles. The number of nitrogens with zero attached hydrogens (tertiary/aromatic N) is 1. The zero-order chi connectivity index (χ0) is 11.7. The number of H-pyrrole nitrogens is 1. The van der Waals surface area contributed by atoms with Crippen LogP contribution in [0.4, 0.5) is 5.82 Å². The van der Waals surface area contributed by atoms with Gasteiger partial charge in [0.1, 0.15) is 5.82 Å². The minimum Gasteiger partial charge on any atom is -0.382 e. The summed E-state index contributed by atoms with van der Waals surface area (Å²) < 4.78 is 1.09. The summed E-state index contributed by atoms with van der Waals surface area (Å²) >= 11 is 5.22. The van der Waals surface area contributed by atoms with Gasteiger partial charge < -0.3 is 5.73 Å². The Morgan fingerprint density at radius 1 is 1.56 bits per heavy atom. The van der Waals surface area contributed by atoms with Crippen LogP contribution in [0.3, 0.4) is 0 Å².